The van der Waals surface area contributed by atoms with Crippen LogP contribution >= 0.6 is 0 Å². The van der Waals surface area contributed by atoms with E-state index in [1.165, 1.54) is 83.5 Å². The first-order chi connectivity index (χ1) is 17.6. The summed E-state index contributed by atoms with van der Waals surface area (Å²) >= 11 is 0. The summed E-state index contributed by atoms with van der Waals surface area (Å²) in [6.45, 7) is 2.27. The fraction of sp³-hybridized carbons (Fsp3) is 0.531. The molecule has 0 heterocycles. The average Bonchev–Trinajstić information content (AvgIpc) is 2.91. The summed E-state index contributed by atoms with van der Waals surface area (Å²) in [6, 6.07) is 17.2. The van der Waals surface area contributed by atoms with Crippen LogP contribution < -0.4 is 0 Å². The molecule has 0 amide bonds. The molecule has 0 aliphatic carbocycles. The molecule has 4 nitrogen and oxygen atoms in total. The van der Waals surface area contributed by atoms with Crippen LogP contribution in [0.25, 0.3) is 0 Å². The average molecular weight is 495 g/mol. The molecule has 2 aromatic carbocycles. The number of aliphatic carboxylic acids is 1. The van der Waals surface area contributed by atoms with Crippen LogP contribution in [0.5, 0.6) is 0 Å². The second kappa shape index (κ2) is 21.5. The van der Waals surface area contributed by atoms with Gasteiger partial charge in [0.15, 0.2) is 0 Å². The van der Waals surface area contributed by atoms with Crippen molar-refractivity contribution < 1.29 is 19.5 Å². The third-order valence-corrected chi connectivity index (χ3v) is 6.27. The van der Waals surface area contributed by atoms with Crippen molar-refractivity contribution in [2.24, 2.45) is 0 Å². The van der Waals surface area contributed by atoms with E-state index in [1.807, 2.05) is 12.1 Å². The number of hydrogen-bond acceptors (Lipinski definition) is 3. The lowest BCUT2D eigenvalue weighted by Crippen LogP contribution is -2.14. The molecule has 2 rings (SSSR count). The first-order valence-electron chi connectivity index (χ1n) is 14.0. The standard InChI is InChI=1S/C18H36O2.C14H10O2/c1-2-3-4-5-6-7-8-9-10-11-12-13-14-15-16-17-18(19)20;15-13(11-7-3-1-4-8-11)14(16)12-9-5-2-6-10-12/h2-17H2,1H3,(H,19,20);1-10H. The zero-order valence-corrected chi connectivity index (χ0v) is 22.3. The van der Waals surface area contributed by atoms with Gasteiger partial charge in [0.05, 0.1) is 0 Å². The van der Waals surface area contributed by atoms with Gasteiger partial charge in [-0.2, -0.15) is 0 Å². The number of carboxylic acids is 1. The van der Waals surface area contributed by atoms with Gasteiger partial charge in [0.25, 0.3) is 0 Å². The molecule has 1 N–H and O–H groups in total. The topological polar surface area (TPSA) is 71.4 Å². The maximum absolute atomic E-state index is 11.8. The zero-order valence-electron chi connectivity index (χ0n) is 22.3. The highest BCUT2D eigenvalue weighted by atomic mass is 16.4. The lowest BCUT2D eigenvalue weighted by Gasteiger charge is -2.03. The molecular weight excluding hydrogens is 448 g/mol. The van der Waals surface area contributed by atoms with Crippen LogP contribution in [0.1, 0.15) is 130 Å². The molecule has 0 fully saturated rings. The molecule has 0 spiro atoms. The second-order valence-corrected chi connectivity index (χ2v) is 9.48. The van der Waals surface area contributed by atoms with Crippen molar-refractivity contribution in [3.8, 4) is 0 Å². The van der Waals surface area contributed by atoms with Gasteiger partial charge < -0.3 is 5.11 Å². The molecule has 0 saturated carbocycles. The molecule has 0 radical (unpaired) electrons. The summed E-state index contributed by atoms with van der Waals surface area (Å²) in [6.07, 6.45) is 20.2. The molecule has 198 valence electrons. The third kappa shape index (κ3) is 16.0. The van der Waals surface area contributed by atoms with Gasteiger partial charge in [-0.1, -0.05) is 157 Å². The van der Waals surface area contributed by atoms with Crippen LogP contribution in [0.2, 0.25) is 0 Å². The Kier molecular flexibility index (Phi) is 18.7. The number of carboxylic acid groups (broad SMARTS) is 1. The Bertz CT molecular complexity index is 780. The summed E-state index contributed by atoms with van der Waals surface area (Å²) in [5, 5.41) is 8.52. The van der Waals surface area contributed by atoms with Crippen molar-refractivity contribution >= 4 is 17.5 Å². The summed E-state index contributed by atoms with van der Waals surface area (Å²) < 4.78 is 0. The Morgan fingerprint density at radius 1 is 0.500 bits per heavy atom. The highest BCUT2D eigenvalue weighted by molar-refractivity contribution is 6.49. The number of carbonyl (C=O) groups is 3. The zero-order chi connectivity index (χ0) is 26.3. The molecular formula is C32H46O4. The predicted octanol–water partition coefficient (Wildman–Crippen LogP) is 9.08. The number of rotatable bonds is 19. The third-order valence-electron chi connectivity index (χ3n) is 6.27. The Morgan fingerprint density at radius 3 is 1.11 bits per heavy atom. The normalized spacial score (nSPS) is 10.4. The lowest BCUT2D eigenvalue weighted by molar-refractivity contribution is -0.137. The van der Waals surface area contributed by atoms with Crippen molar-refractivity contribution in [1.82, 2.24) is 0 Å². The molecule has 0 bridgehead atoms. The maximum atomic E-state index is 11.8. The molecule has 0 aromatic heterocycles. The van der Waals surface area contributed by atoms with Gasteiger partial charge >= 0.3 is 5.97 Å². The first-order valence-corrected chi connectivity index (χ1v) is 14.0. The largest absolute Gasteiger partial charge is 0.481 e. The van der Waals surface area contributed by atoms with E-state index in [0.717, 1.165) is 12.8 Å². The Labute approximate surface area is 218 Å². The number of ketones is 2. The van der Waals surface area contributed by atoms with E-state index in [4.69, 9.17) is 5.11 Å². The molecule has 0 unspecified atom stereocenters. The van der Waals surface area contributed by atoms with Crippen LogP contribution in [0, 0.1) is 0 Å². The second-order valence-electron chi connectivity index (χ2n) is 9.48. The Hall–Kier alpha value is -2.75. The van der Waals surface area contributed by atoms with Gasteiger partial charge in [-0.3, -0.25) is 14.4 Å². The van der Waals surface area contributed by atoms with Crippen LogP contribution in [0.3, 0.4) is 0 Å². The van der Waals surface area contributed by atoms with E-state index in [9.17, 15) is 14.4 Å². The quantitative estimate of drug-likeness (QED) is 0.120. The lowest BCUT2D eigenvalue weighted by atomic mass is 10.0. The van der Waals surface area contributed by atoms with Crippen molar-refractivity contribution in [3.63, 3.8) is 0 Å². The van der Waals surface area contributed by atoms with E-state index in [2.05, 4.69) is 6.92 Å². The molecule has 2 aromatic rings. The van der Waals surface area contributed by atoms with E-state index < -0.39 is 17.5 Å². The highest BCUT2D eigenvalue weighted by Crippen LogP contribution is 2.13. The first kappa shape index (κ1) is 31.3. The van der Waals surface area contributed by atoms with Gasteiger partial charge in [-0.15, -0.1) is 0 Å². The number of benzene rings is 2. The molecule has 0 saturated heterocycles. The van der Waals surface area contributed by atoms with E-state index in [-0.39, 0.29) is 0 Å². The number of unbranched alkanes of at least 4 members (excludes halogenated alkanes) is 14. The SMILES string of the molecule is CCCCCCCCCCCCCCCCCC(=O)O.O=C(C(=O)c1ccccc1)c1ccccc1. The summed E-state index contributed by atoms with van der Waals surface area (Å²) in [5.74, 6) is -1.58. The fourth-order valence-corrected chi connectivity index (χ4v) is 4.09. The van der Waals surface area contributed by atoms with Gasteiger partial charge in [0.2, 0.25) is 11.6 Å². The fourth-order valence-electron chi connectivity index (χ4n) is 4.09. The van der Waals surface area contributed by atoms with Crippen LogP contribution in [-0.2, 0) is 4.79 Å². The van der Waals surface area contributed by atoms with Crippen molar-refractivity contribution in [2.45, 2.75) is 110 Å². The minimum atomic E-state index is -0.653. The number of carbonyl (C=O) groups excluding carboxylic acids is 2. The smallest absolute Gasteiger partial charge is 0.303 e. The van der Waals surface area contributed by atoms with E-state index in [1.54, 1.807) is 48.5 Å². The van der Waals surface area contributed by atoms with Crippen molar-refractivity contribution in [1.29, 1.82) is 0 Å². The van der Waals surface area contributed by atoms with Gasteiger partial charge in [-0.05, 0) is 6.42 Å². The molecule has 0 aliphatic heterocycles. The van der Waals surface area contributed by atoms with Crippen molar-refractivity contribution in [3.05, 3.63) is 71.8 Å². The summed E-state index contributed by atoms with van der Waals surface area (Å²) in [4.78, 5) is 33.9. The molecule has 4 heteroatoms. The Morgan fingerprint density at radius 2 is 0.806 bits per heavy atom. The summed E-state index contributed by atoms with van der Waals surface area (Å²) in [7, 11) is 0. The minimum absolute atomic E-state index is 0.345. The Balaban J connectivity index is 0.000000367. The van der Waals surface area contributed by atoms with Crippen LogP contribution in [0.15, 0.2) is 60.7 Å². The van der Waals surface area contributed by atoms with E-state index >= 15 is 0 Å². The predicted molar refractivity (Wildman–Crippen MR) is 149 cm³/mol. The van der Waals surface area contributed by atoms with Gasteiger partial charge in [0.1, 0.15) is 0 Å². The highest BCUT2D eigenvalue weighted by Gasteiger charge is 2.17. The van der Waals surface area contributed by atoms with Crippen LogP contribution in [0.4, 0.5) is 0 Å². The summed E-state index contributed by atoms with van der Waals surface area (Å²) in [5.41, 5.74) is 0.854. The number of Topliss-reactive ketones (excluding diaryl/α,β-unsaturated/α-hetero) is 2. The maximum Gasteiger partial charge on any atom is 0.303 e. The van der Waals surface area contributed by atoms with Gasteiger partial charge in [0, 0.05) is 17.5 Å². The monoisotopic (exact) mass is 494 g/mol. The molecule has 0 aliphatic rings. The van der Waals surface area contributed by atoms with E-state index in [0.29, 0.717) is 17.5 Å². The van der Waals surface area contributed by atoms with Gasteiger partial charge in [-0.25, -0.2) is 0 Å². The molecule has 0 atom stereocenters. The molecule has 36 heavy (non-hydrogen) atoms. The van der Waals surface area contributed by atoms with Crippen LogP contribution in [-0.4, -0.2) is 22.6 Å². The van der Waals surface area contributed by atoms with Crippen molar-refractivity contribution in [2.75, 3.05) is 0 Å². The number of hydrogen-bond donors (Lipinski definition) is 1. The minimum Gasteiger partial charge on any atom is -0.481 e.